The molecule has 0 amide bonds. The van der Waals surface area contributed by atoms with E-state index in [-0.39, 0.29) is 0 Å². The highest BCUT2D eigenvalue weighted by Crippen LogP contribution is 2.49. The molecule has 0 radical (unpaired) electrons. The SMILES string of the molecule is c1ccc(-c2nc(-n3c4ccccc4c4cc5c(cc43)-c3cccc4c6ccccc6n(c34)-c3ccccc3-5)nc3ccccc23)cc1. The molecule has 0 bridgehead atoms. The van der Waals surface area contributed by atoms with Crippen LogP contribution in [-0.2, 0) is 0 Å². The normalized spacial score (nSPS) is 12.2. The van der Waals surface area contributed by atoms with Gasteiger partial charge in [-0.3, -0.25) is 4.57 Å². The highest BCUT2D eigenvalue weighted by atomic mass is 15.2. The van der Waals surface area contributed by atoms with Crippen LogP contribution < -0.4 is 0 Å². The molecule has 7 aromatic carbocycles. The lowest BCUT2D eigenvalue weighted by Gasteiger charge is -2.14. The minimum Gasteiger partial charge on any atom is -0.308 e. The zero-order valence-corrected chi connectivity index (χ0v) is 25.8. The Kier molecular flexibility index (Phi) is 5.08. The largest absolute Gasteiger partial charge is 0.308 e. The van der Waals surface area contributed by atoms with Crippen LogP contribution in [0.2, 0.25) is 0 Å². The number of rotatable bonds is 2. The second-order valence-electron chi connectivity index (χ2n) is 12.6. The highest BCUT2D eigenvalue weighted by molar-refractivity contribution is 6.19. The van der Waals surface area contributed by atoms with E-state index in [2.05, 4.69) is 161 Å². The zero-order valence-electron chi connectivity index (χ0n) is 25.8. The molecule has 0 unspecified atom stereocenters. The van der Waals surface area contributed by atoms with E-state index >= 15 is 0 Å². The Morgan fingerprint density at radius 1 is 0.375 bits per heavy atom. The summed E-state index contributed by atoms with van der Waals surface area (Å²) in [7, 11) is 0. The van der Waals surface area contributed by atoms with Gasteiger partial charge >= 0.3 is 0 Å². The van der Waals surface area contributed by atoms with Gasteiger partial charge in [-0.05, 0) is 47.5 Å². The zero-order chi connectivity index (χ0) is 31.3. The summed E-state index contributed by atoms with van der Waals surface area (Å²) in [5.74, 6) is 0.667. The number of benzene rings is 7. The summed E-state index contributed by atoms with van der Waals surface area (Å²) in [5, 5.41) is 5.93. The first-order chi connectivity index (χ1) is 23.8. The van der Waals surface area contributed by atoms with E-state index in [1.807, 2.05) is 6.07 Å². The van der Waals surface area contributed by atoms with Crippen molar-refractivity contribution in [2.45, 2.75) is 0 Å². The second-order valence-corrected chi connectivity index (χ2v) is 12.6. The third-order valence-corrected chi connectivity index (χ3v) is 10.1. The molecule has 222 valence electrons. The molecule has 3 aromatic heterocycles. The summed E-state index contributed by atoms with van der Waals surface area (Å²) in [6.07, 6.45) is 0. The first kappa shape index (κ1) is 25.6. The molecule has 0 N–H and O–H groups in total. The lowest BCUT2D eigenvalue weighted by Crippen LogP contribution is -2.03. The predicted molar refractivity (Wildman–Crippen MR) is 198 cm³/mol. The molecule has 4 nitrogen and oxygen atoms in total. The average molecular weight is 611 g/mol. The summed E-state index contributed by atoms with van der Waals surface area (Å²) >= 11 is 0. The molecule has 4 heterocycles. The lowest BCUT2D eigenvalue weighted by atomic mass is 9.92. The summed E-state index contributed by atoms with van der Waals surface area (Å²) < 4.78 is 4.72. The first-order valence-corrected chi connectivity index (χ1v) is 16.4. The van der Waals surface area contributed by atoms with Crippen molar-refractivity contribution in [2.24, 2.45) is 0 Å². The van der Waals surface area contributed by atoms with Gasteiger partial charge in [0.2, 0.25) is 5.95 Å². The van der Waals surface area contributed by atoms with E-state index < -0.39 is 0 Å². The fourth-order valence-corrected chi connectivity index (χ4v) is 8.04. The van der Waals surface area contributed by atoms with Gasteiger partial charge in [-0.15, -0.1) is 0 Å². The van der Waals surface area contributed by atoms with Crippen molar-refractivity contribution < 1.29 is 0 Å². The van der Waals surface area contributed by atoms with Crippen LogP contribution in [0.1, 0.15) is 0 Å². The molecule has 0 atom stereocenters. The monoisotopic (exact) mass is 610 g/mol. The lowest BCUT2D eigenvalue weighted by molar-refractivity contribution is 1.01. The van der Waals surface area contributed by atoms with Crippen molar-refractivity contribution in [2.75, 3.05) is 0 Å². The summed E-state index contributed by atoms with van der Waals surface area (Å²) in [4.78, 5) is 10.6. The van der Waals surface area contributed by atoms with E-state index in [9.17, 15) is 0 Å². The Hall–Kier alpha value is -6.52. The van der Waals surface area contributed by atoms with Crippen LogP contribution >= 0.6 is 0 Å². The molecule has 0 fully saturated rings. The minimum absolute atomic E-state index is 0.667. The minimum atomic E-state index is 0.667. The van der Waals surface area contributed by atoms with Gasteiger partial charge in [0.1, 0.15) is 0 Å². The number of hydrogen-bond acceptors (Lipinski definition) is 2. The van der Waals surface area contributed by atoms with Crippen LogP contribution in [0.25, 0.3) is 99.7 Å². The molecule has 48 heavy (non-hydrogen) atoms. The molecule has 4 heteroatoms. The maximum Gasteiger partial charge on any atom is 0.235 e. The van der Waals surface area contributed by atoms with Crippen molar-refractivity contribution in [3.05, 3.63) is 158 Å². The summed E-state index contributed by atoms with van der Waals surface area (Å²) in [6.45, 7) is 0. The van der Waals surface area contributed by atoms with Crippen LogP contribution in [0.5, 0.6) is 0 Å². The maximum absolute atomic E-state index is 5.33. The predicted octanol–water partition coefficient (Wildman–Crippen LogP) is 11.1. The van der Waals surface area contributed by atoms with Crippen LogP contribution in [0, 0.1) is 0 Å². The highest BCUT2D eigenvalue weighted by Gasteiger charge is 2.26. The molecular formula is C44H26N4. The van der Waals surface area contributed by atoms with E-state index in [1.165, 1.54) is 60.5 Å². The fraction of sp³-hybridized carbons (Fsp3) is 0. The fourth-order valence-electron chi connectivity index (χ4n) is 8.04. The van der Waals surface area contributed by atoms with Crippen molar-refractivity contribution in [3.63, 3.8) is 0 Å². The van der Waals surface area contributed by atoms with Gasteiger partial charge in [-0.1, -0.05) is 121 Å². The van der Waals surface area contributed by atoms with E-state index in [4.69, 9.17) is 9.97 Å². The molecular weight excluding hydrogens is 585 g/mol. The van der Waals surface area contributed by atoms with Gasteiger partial charge in [-0.25, -0.2) is 9.97 Å². The number of fused-ring (bicyclic) bond motifs is 12. The smallest absolute Gasteiger partial charge is 0.235 e. The van der Waals surface area contributed by atoms with E-state index in [1.54, 1.807) is 0 Å². The number of hydrogen-bond donors (Lipinski definition) is 0. The van der Waals surface area contributed by atoms with Crippen LogP contribution in [0.15, 0.2) is 158 Å². The molecule has 1 aliphatic heterocycles. The van der Waals surface area contributed by atoms with Gasteiger partial charge < -0.3 is 4.57 Å². The van der Waals surface area contributed by atoms with E-state index in [0.29, 0.717) is 5.95 Å². The van der Waals surface area contributed by atoms with E-state index in [0.717, 1.165) is 33.2 Å². The topological polar surface area (TPSA) is 35.6 Å². The van der Waals surface area contributed by atoms with Crippen molar-refractivity contribution in [3.8, 4) is 45.1 Å². The molecule has 0 saturated heterocycles. The van der Waals surface area contributed by atoms with Crippen molar-refractivity contribution >= 4 is 54.5 Å². The van der Waals surface area contributed by atoms with Crippen LogP contribution in [-0.4, -0.2) is 19.1 Å². The quantitative estimate of drug-likeness (QED) is 0.195. The van der Waals surface area contributed by atoms with Gasteiger partial charge in [0, 0.05) is 43.6 Å². The third-order valence-electron chi connectivity index (χ3n) is 10.1. The number of para-hydroxylation sites is 5. The van der Waals surface area contributed by atoms with Crippen molar-refractivity contribution in [1.29, 1.82) is 0 Å². The Bertz CT molecular complexity index is 2950. The number of aromatic nitrogens is 4. The Labute approximate surface area is 275 Å². The number of nitrogens with zero attached hydrogens (tertiary/aromatic N) is 4. The Balaban J connectivity index is 1.30. The maximum atomic E-state index is 5.33. The Morgan fingerprint density at radius 2 is 1.00 bits per heavy atom. The first-order valence-electron chi connectivity index (χ1n) is 16.4. The van der Waals surface area contributed by atoms with Crippen LogP contribution in [0.4, 0.5) is 0 Å². The van der Waals surface area contributed by atoms with Crippen molar-refractivity contribution in [1.82, 2.24) is 19.1 Å². The third kappa shape index (κ3) is 3.38. The summed E-state index contributed by atoms with van der Waals surface area (Å²) in [5.41, 5.74) is 13.6. The average Bonchev–Trinajstić information content (AvgIpc) is 3.63. The molecule has 11 rings (SSSR count). The standard InChI is InChI=1S/C44H26N4/c1-2-13-27(14-3-1)42-33-18-4-8-21-37(33)45-44(46-42)48-40-24-11-7-17-30(40)36-25-34-29-16-6-10-23-39(29)47-38-22-9-5-15-28(38)31-19-12-20-32(43(31)47)35(34)26-41(36)48/h1-26H. The second kappa shape index (κ2) is 9.50. The molecule has 0 saturated carbocycles. The molecule has 0 spiro atoms. The van der Waals surface area contributed by atoms with Gasteiger partial charge in [-0.2, -0.15) is 0 Å². The Morgan fingerprint density at radius 3 is 1.85 bits per heavy atom. The summed E-state index contributed by atoms with van der Waals surface area (Å²) in [6, 6.07) is 56.5. The van der Waals surface area contributed by atoms with Gasteiger partial charge in [0.25, 0.3) is 0 Å². The van der Waals surface area contributed by atoms with Crippen LogP contribution in [0.3, 0.4) is 0 Å². The molecule has 1 aliphatic rings. The van der Waals surface area contributed by atoms with Gasteiger partial charge in [0.05, 0.1) is 39.0 Å². The molecule has 10 aromatic rings. The van der Waals surface area contributed by atoms with Gasteiger partial charge in [0.15, 0.2) is 0 Å². The molecule has 0 aliphatic carbocycles.